The molecule has 2 rings (SSSR count). The largest absolute Gasteiger partial charge is 0.433 e. The van der Waals surface area contributed by atoms with E-state index >= 15 is 0 Å². The highest BCUT2D eigenvalue weighted by Gasteiger charge is 2.33. The highest BCUT2D eigenvalue weighted by molar-refractivity contribution is 7.80. The first kappa shape index (κ1) is 12.5. The van der Waals surface area contributed by atoms with Gasteiger partial charge in [0.2, 0.25) is 0 Å². The summed E-state index contributed by atoms with van der Waals surface area (Å²) in [7, 11) is 0. The predicted molar refractivity (Wildman–Crippen MR) is 62.2 cm³/mol. The molecule has 0 fully saturated rings. The smallest absolute Gasteiger partial charge is 0.389 e. The molecule has 2 aromatic heterocycles. The van der Waals surface area contributed by atoms with Gasteiger partial charge in [0.1, 0.15) is 10.7 Å². The molecule has 18 heavy (non-hydrogen) atoms. The molecule has 4 nitrogen and oxygen atoms in total. The summed E-state index contributed by atoms with van der Waals surface area (Å²) >= 11 is 4.78. The molecule has 0 atom stereocenters. The van der Waals surface area contributed by atoms with Gasteiger partial charge in [0.15, 0.2) is 5.82 Å². The van der Waals surface area contributed by atoms with Crippen LogP contribution in [-0.2, 0) is 6.18 Å². The van der Waals surface area contributed by atoms with Crippen molar-refractivity contribution < 1.29 is 13.2 Å². The molecule has 0 aliphatic carbocycles. The number of nitrogens with zero attached hydrogens (tertiary/aromatic N) is 3. The van der Waals surface area contributed by atoms with E-state index in [4.69, 9.17) is 18.0 Å². The third-order valence-corrected chi connectivity index (χ3v) is 2.37. The second-order valence-corrected chi connectivity index (χ2v) is 3.82. The fourth-order valence-electron chi connectivity index (χ4n) is 1.37. The lowest BCUT2D eigenvalue weighted by Crippen LogP contribution is -2.18. The van der Waals surface area contributed by atoms with Gasteiger partial charge in [-0.1, -0.05) is 12.2 Å². The molecule has 2 aromatic rings. The number of nitrogens with two attached hydrogens (primary N) is 1. The van der Waals surface area contributed by atoms with Gasteiger partial charge in [0.25, 0.3) is 0 Å². The molecular weight excluding hydrogens is 265 g/mol. The molecule has 0 saturated heterocycles. The molecule has 8 heteroatoms. The van der Waals surface area contributed by atoms with Gasteiger partial charge < -0.3 is 5.73 Å². The Morgan fingerprint density at radius 2 is 2.06 bits per heavy atom. The van der Waals surface area contributed by atoms with E-state index in [1.807, 2.05) is 0 Å². The zero-order valence-electron chi connectivity index (χ0n) is 8.85. The molecule has 0 unspecified atom stereocenters. The zero-order valence-corrected chi connectivity index (χ0v) is 9.66. The summed E-state index contributed by atoms with van der Waals surface area (Å²) in [5, 5.41) is 3.82. The van der Waals surface area contributed by atoms with E-state index in [9.17, 15) is 13.2 Å². The van der Waals surface area contributed by atoms with Crippen molar-refractivity contribution in [1.29, 1.82) is 0 Å². The van der Waals surface area contributed by atoms with Crippen molar-refractivity contribution in [3.05, 3.63) is 41.9 Å². The van der Waals surface area contributed by atoms with Gasteiger partial charge in [-0.25, -0.2) is 9.67 Å². The van der Waals surface area contributed by atoms with Crippen molar-refractivity contribution in [2.45, 2.75) is 6.18 Å². The van der Waals surface area contributed by atoms with Gasteiger partial charge in [0, 0.05) is 12.4 Å². The Kier molecular flexibility index (Phi) is 3.04. The molecule has 0 amide bonds. The lowest BCUT2D eigenvalue weighted by molar-refractivity contribution is -0.141. The molecule has 2 N–H and O–H groups in total. The molecule has 94 valence electrons. The van der Waals surface area contributed by atoms with Crippen LogP contribution in [0.2, 0.25) is 0 Å². The summed E-state index contributed by atoms with van der Waals surface area (Å²) in [6.45, 7) is 0. The fourth-order valence-corrected chi connectivity index (χ4v) is 1.53. The van der Waals surface area contributed by atoms with Crippen molar-refractivity contribution in [2.24, 2.45) is 5.73 Å². The molecule has 0 radical (unpaired) electrons. The molecule has 0 aromatic carbocycles. The monoisotopic (exact) mass is 272 g/mol. The third kappa shape index (κ3) is 2.33. The second-order valence-electron chi connectivity index (χ2n) is 3.38. The van der Waals surface area contributed by atoms with Crippen molar-refractivity contribution >= 4 is 17.2 Å². The average molecular weight is 272 g/mol. The number of alkyl halides is 3. The standard InChI is InChI=1S/C10H7F3N4S/c11-10(12,13)7-3-2-6(8(14)18)9(16-7)17-5-1-4-15-17/h1-5H,(H2,14,18). The fraction of sp³-hybridized carbons (Fsp3) is 0.100. The maximum absolute atomic E-state index is 12.6. The van der Waals surface area contributed by atoms with Gasteiger partial charge in [-0.3, -0.25) is 0 Å². The van der Waals surface area contributed by atoms with Gasteiger partial charge in [-0.15, -0.1) is 0 Å². The Labute approximate surface area is 105 Å². The molecule has 0 aliphatic heterocycles. The van der Waals surface area contributed by atoms with E-state index in [0.29, 0.717) is 0 Å². The molecule has 0 spiro atoms. The molecule has 2 heterocycles. The van der Waals surface area contributed by atoms with E-state index in [2.05, 4.69) is 10.1 Å². The van der Waals surface area contributed by atoms with Crippen molar-refractivity contribution in [2.75, 3.05) is 0 Å². The second kappa shape index (κ2) is 4.37. The van der Waals surface area contributed by atoms with Crippen LogP contribution in [0.4, 0.5) is 13.2 Å². The van der Waals surface area contributed by atoms with E-state index in [1.54, 1.807) is 6.07 Å². The first-order chi connectivity index (χ1) is 8.39. The third-order valence-electron chi connectivity index (χ3n) is 2.15. The van der Waals surface area contributed by atoms with Crippen molar-refractivity contribution in [1.82, 2.24) is 14.8 Å². The van der Waals surface area contributed by atoms with Crippen LogP contribution in [0, 0.1) is 0 Å². The Balaban J connectivity index is 2.63. The number of thiocarbonyl (C=S) groups is 1. The zero-order chi connectivity index (χ0) is 13.3. The Hall–Kier alpha value is -1.96. The Morgan fingerprint density at radius 1 is 1.33 bits per heavy atom. The van der Waals surface area contributed by atoms with Gasteiger partial charge in [0.05, 0.1) is 5.56 Å². The highest BCUT2D eigenvalue weighted by atomic mass is 32.1. The highest BCUT2D eigenvalue weighted by Crippen LogP contribution is 2.28. The van der Waals surface area contributed by atoms with E-state index in [1.165, 1.54) is 23.1 Å². The summed E-state index contributed by atoms with van der Waals surface area (Å²) in [4.78, 5) is 3.48. The van der Waals surface area contributed by atoms with Crippen molar-refractivity contribution in [3.63, 3.8) is 0 Å². The Bertz CT molecular complexity index is 577. The van der Waals surface area contributed by atoms with Crippen LogP contribution in [-0.4, -0.2) is 19.8 Å². The van der Waals surface area contributed by atoms with Crippen LogP contribution < -0.4 is 5.73 Å². The summed E-state index contributed by atoms with van der Waals surface area (Å²) in [6.07, 6.45) is -1.65. The number of pyridine rings is 1. The average Bonchev–Trinajstić information content (AvgIpc) is 2.80. The Morgan fingerprint density at radius 3 is 2.56 bits per heavy atom. The maximum atomic E-state index is 12.6. The number of halogens is 3. The first-order valence-corrected chi connectivity index (χ1v) is 5.18. The summed E-state index contributed by atoms with van der Waals surface area (Å²) in [5.74, 6) is -0.0395. The van der Waals surface area contributed by atoms with Crippen LogP contribution in [0.5, 0.6) is 0 Å². The van der Waals surface area contributed by atoms with Crippen LogP contribution >= 0.6 is 12.2 Å². The summed E-state index contributed by atoms with van der Waals surface area (Å²) in [6, 6.07) is 3.59. The van der Waals surface area contributed by atoms with Crippen LogP contribution in [0.3, 0.4) is 0 Å². The number of aromatic nitrogens is 3. The van der Waals surface area contributed by atoms with E-state index in [-0.39, 0.29) is 16.4 Å². The maximum Gasteiger partial charge on any atom is 0.433 e. The normalized spacial score (nSPS) is 11.5. The molecule has 0 aliphatic rings. The quantitative estimate of drug-likeness (QED) is 0.849. The predicted octanol–water partition coefficient (Wildman–Crippen LogP) is 1.92. The minimum atomic E-state index is -4.53. The van der Waals surface area contributed by atoms with E-state index in [0.717, 1.165) is 6.07 Å². The van der Waals surface area contributed by atoms with Crippen molar-refractivity contribution in [3.8, 4) is 5.82 Å². The van der Waals surface area contributed by atoms with E-state index < -0.39 is 11.9 Å². The van der Waals surface area contributed by atoms with Crippen LogP contribution in [0.15, 0.2) is 30.6 Å². The van der Waals surface area contributed by atoms with Crippen LogP contribution in [0.25, 0.3) is 5.82 Å². The molecule has 0 bridgehead atoms. The summed E-state index contributed by atoms with van der Waals surface area (Å²) < 4.78 is 38.9. The molecular formula is C10H7F3N4S. The topological polar surface area (TPSA) is 56.7 Å². The minimum absolute atomic E-state index is 0.0395. The molecule has 0 saturated carbocycles. The van der Waals surface area contributed by atoms with Gasteiger partial charge in [-0.05, 0) is 18.2 Å². The number of hydrogen-bond donors (Lipinski definition) is 1. The SMILES string of the molecule is NC(=S)c1ccc(C(F)(F)F)nc1-n1cccn1. The minimum Gasteiger partial charge on any atom is -0.389 e. The summed E-state index contributed by atoms with van der Waals surface area (Å²) in [5.41, 5.74) is 4.67. The number of rotatable bonds is 2. The lowest BCUT2D eigenvalue weighted by Gasteiger charge is -2.11. The lowest BCUT2D eigenvalue weighted by atomic mass is 10.2. The van der Waals surface area contributed by atoms with Crippen LogP contribution in [0.1, 0.15) is 11.3 Å². The van der Waals surface area contributed by atoms with Gasteiger partial charge in [-0.2, -0.15) is 18.3 Å². The van der Waals surface area contributed by atoms with Gasteiger partial charge >= 0.3 is 6.18 Å². The number of hydrogen-bond acceptors (Lipinski definition) is 3. The first-order valence-electron chi connectivity index (χ1n) is 4.77.